The minimum atomic E-state index is -0.0368. The lowest BCUT2D eigenvalue weighted by Crippen LogP contribution is -2.21. The predicted molar refractivity (Wildman–Crippen MR) is 68.6 cm³/mol. The van der Waals surface area contributed by atoms with Crippen molar-refractivity contribution < 1.29 is 9.84 Å². The molecule has 1 aromatic carbocycles. The van der Waals surface area contributed by atoms with E-state index in [-0.39, 0.29) is 12.2 Å². The Morgan fingerprint density at radius 1 is 1.17 bits per heavy atom. The van der Waals surface area contributed by atoms with E-state index in [1.807, 2.05) is 24.3 Å². The minimum absolute atomic E-state index is 0.00462. The van der Waals surface area contributed by atoms with Crippen molar-refractivity contribution in [3.8, 4) is 5.75 Å². The molecular weight excluding hydrogens is 230 g/mol. The molecule has 2 aromatic rings. The van der Waals surface area contributed by atoms with Crippen molar-refractivity contribution in [3.63, 3.8) is 0 Å². The summed E-state index contributed by atoms with van der Waals surface area (Å²) >= 11 is 0. The minimum Gasteiger partial charge on any atom is -0.492 e. The van der Waals surface area contributed by atoms with Crippen molar-refractivity contribution >= 4 is 0 Å². The van der Waals surface area contributed by atoms with Gasteiger partial charge in [-0.2, -0.15) is 0 Å². The van der Waals surface area contributed by atoms with Crippen molar-refractivity contribution in [2.45, 2.75) is 13.2 Å². The number of ether oxygens (including phenoxy) is 1. The number of aliphatic hydroxyl groups excluding tert-OH is 1. The molecule has 0 unspecified atom stereocenters. The number of aliphatic hydroxyl groups is 1. The lowest BCUT2D eigenvalue weighted by molar-refractivity contribution is 0.277. The summed E-state index contributed by atoms with van der Waals surface area (Å²) in [5.41, 5.74) is 0.773. The van der Waals surface area contributed by atoms with Gasteiger partial charge in [0, 0.05) is 12.3 Å². The fraction of sp³-hybridized carbons (Fsp3) is 0.214. The van der Waals surface area contributed by atoms with Gasteiger partial charge in [-0.15, -0.1) is 0 Å². The smallest absolute Gasteiger partial charge is 0.250 e. The van der Waals surface area contributed by atoms with Crippen LogP contribution >= 0.6 is 0 Å². The van der Waals surface area contributed by atoms with E-state index < -0.39 is 0 Å². The first kappa shape index (κ1) is 12.4. The molecule has 1 heterocycles. The van der Waals surface area contributed by atoms with E-state index in [0.29, 0.717) is 18.9 Å². The number of hydrogen-bond donors (Lipinski definition) is 1. The highest BCUT2D eigenvalue weighted by Gasteiger charge is 1.97. The first-order valence-electron chi connectivity index (χ1n) is 5.77. The highest BCUT2D eigenvalue weighted by molar-refractivity contribution is 5.27. The van der Waals surface area contributed by atoms with Gasteiger partial charge in [0.1, 0.15) is 12.4 Å². The molecule has 0 saturated carbocycles. The van der Waals surface area contributed by atoms with Crippen molar-refractivity contribution in [2.24, 2.45) is 0 Å². The molecule has 0 saturated heterocycles. The molecular formula is C14H15NO3. The van der Waals surface area contributed by atoms with Gasteiger partial charge in [0.2, 0.25) is 0 Å². The van der Waals surface area contributed by atoms with Crippen LogP contribution in [0.25, 0.3) is 0 Å². The zero-order chi connectivity index (χ0) is 12.8. The summed E-state index contributed by atoms with van der Waals surface area (Å²) < 4.78 is 7.13. The molecule has 1 N–H and O–H groups in total. The predicted octanol–water partition coefficient (Wildman–Crippen LogP) is 1.42. The molecule has 0 aliphatic heterocycles. The molecule has 0 bridgehead atoms. The zero-order valence-corrected chi connectivity index (χ0v) is 9.95. The third-order valence-electron chi connectivity index (χ3n) is 2.58. The fourth-order valence-electron chi connectivity index (χ4n) is 1.64. The van der Waals surface area contributed by atoms with Crippen molar-refractivity contribution in [3.05, 3.63) is 64.6 Å². The summed E-state index contributed by atoms with van der Waals surface area (Å²) in [6.45, 7) is 0.914. The standard InChI is InChI=1S/C14H15NO3/c16-11-12-4-3-5-13(10-12)18-9-8-15-7-2-1-6-14(15)17/h1-7,10,16H,8-9,11H2. The third-order valence-corrected chi connectivity index (χ3v) is 2.58. The van der Waals surface area contributed by atoms with Gasteiger partial charge in [-0.3, -0.25) is 4.79 Å². The lowest BCUT2D eigenvalue weighted by Gasteiger charge is -2.08. The SMILES string of the molecule is O=c1ccccn1CCOc1cccc(CO)c1. The molecule has 0 atom stereocenters. The van der Waals surface area contributed by atoms with Crippen LogP contribution in [0.4, 0.5) is 0 Å². The monoisotopic (exact) mass is 245 g/mol. The Hall–Kier alpha value is -2.07. The van der Waals surface area contributed by atoms with Crippen LogP contribution in [0.15, 0.2) is 53.5 Å². The molecule has 0 aliphatic carbocycles. The Balaban J connectivity index is 1.92. The van der Waals surface area contributed by atoms with Gasteiger partial charge < -0.3 is 14.4 Å². The second kappa shape index (κ2) is 6.02. The first-order valence-corrected chi connectivity index (χ1v) is 5.77. The quantitative estimate of drug-likeness (QED) is 0.866. The van der Waals surface area contributed by atoms with E-state index >= 15 is 0 Å². The Kier molecular flexibility index (Phi) is 4.15. The van der Waals surface area contributed by atoms with Gasteiger partial charge >= 0.3 is 0 Å². The molecule has 18 heavy (non-hydrogen) atoms. The molecule has 2 rings (SSSR count). The van der Waals surface area contributed by atoms with E-state index in [4.69, 9.17) is 9.84 Å². The molecule has 0 amide bonds. The Bertz CT molecular complexity index is 563. The molecule has 0 fully saturated rings. The summed E-state index contributed by atoms with van der Waals surface area (Å²) in [7, 11) is 0. The number of hydrogen-bond acceptors (Lipinski definition) is 3. The van der Waals surface area contributed by atoms with Gasteiger partial charge in [0.05, 0.1) is 13.2 Å². The fourth-order valence-corrected chi connectivity index (χ4v) is 1.64. The van der Waals surface area contributed by atoms with Gasteiger partial charge in [-0.1, -0.05) is 18.2 Å². The van der Waals surface area contributed by atoms with E-state index in [9.17, 15) is 4.79 Å². The number of rotatable bonds is 5. The lowest BCUT2D eigenvalue weighted by atomic mass is 10.2. The molecule has 4 nitrogen and oxygen atoms in total. The molecule has 0 radical (unpaired) electrons. The molecule has 0 spiro atoms. The summed E-state index contributed by atoms with van der Waals surface area (Å²) in [6.07, 6.45) is 1.73. The average molecular weight is 245 g/mol. The second-order valence-corrected chi connectivity index (χ2v) is 3.89. The number of pyridine rings is 1. The zero-order valence-electron chi connectivity index (χ0n) is 9.95. The molecule has 1 aromatic heterocycles. The first-order chi connectivity index (χ1) is 8.79. The highest BCUT2D eigenvalue weighted by atomic mass is 16.5. The van der Waals surface area contributed by atoms with Crippen LogP contribution < -0.4 is 10.3 Å². The number of nitrogens with zero attached hydrogens (tertiary/aromatic N) is 1. The maximum absolute atomic E-state index is 11.4. The van der Waals surface area contributed by atoms with E-state index in [1.54, 1.807) is 22.9 Å². The van der Waals surface area contributed by atoms with Crippen LogP contribution in [0.3, 0.4) is 0 Å². The largest absolute Gasteiger partial charge is 0.492 e. The Morgan fingerprint density at radius 3 is 2.83 bits per heavy atom. The average Bonchev–Trinajstić information content (AvgIpc) is 2.41. The number of benzene rings is 1. The summed E-state index contributed by atoms with van der Waals surface area (Å²) in [5.74, 6) is 0.700. The van der Waals surface area contributed by atoms with Gasteiger partial charge in [0.25, 0.3) is 5.56 Å². The van der Waals surface area contributed by atoms with E-state index in [1.165, 1.54) is 6.07 Å². The van der Waals surface area contributed by atoms with Gasteiger partial charge in [0.15, 0.2) is 0 Å². The maximum atomic E-state index is 11.4. The summed E-state index contributed by atoms with van der Waals surface area (Å²) in [5, 5.41) is 9.00. The topological polar surface area (TPSA) is 51.5 Å². The van der Waals surface area contributed by atoms with E-state index in [0.717, 1.165) is 5.56 Å². The summed E-state index contributed by atoms with van der Waals surface area (Å²) in [6, 6.07) is 12.3. The molecule has 4 heteroatoms. The highest BCUT2D eigenvalue weighted by Crippen LogP contribution is 2.13. The van der Waals surface area contributed by atoms with Crippen LogP contribution in [0.5, 0.6) is 5.75 Å². The van der Waals surface area contributed by atoms with E-state index in [2.05, 4.69) is 0 Å². The van der Waals surface area contributed by atoms with Crippen LogP contribution in [0.2, 0.25) is 0 Å². The Labute approximate surface area is 105 Å². The van der Waals surface area contributed by atoms with Crippen LogP contribution in [-0.2, 0) is 13.2 Å². The number of aromatic nitrogens is 1. The Morgan fingerprint density at radius 2 is 2.06 bits per heavy atom. The summed E-state index contributed by atoms with van der Waals surface area (Å²) in [4.78, 5) is 11.4. The van der Waals surface area contributed by atoms with Crippen molar-refractivity contribution in [1.29, 1.82) is 0 Å². The third kappa shape index (κ3) is 3.21. The maximum Gasteiger partial charge on any atom is 0.250 e. The van der Waals surface area contributed by atoms with Crippen LogP contribution in [0, 0.1) is 0 Å². The second-order valence-electron chi connectivity index (χ2n) is 3.89. The van der Waals surface area contributed by atoms with Crippen molar-refractivity contribution in [1.82, 2.24) is 4.57 Å². The van der Waals surface area contributed by atoms with Crippen molar-refractivity contribution in [2.75, 3.05) is 6.61 Å². The van der Waals surface area contributed by atoms with Crippen LogP contribution in [-0.4, -0.2) is 16.3 Å². The molecule has 0 aliphatic rings. The normalized spacial score (nSPS) is 10.3. The van der Waals surface area contributed by atoms with Gasteiger partial charge in [-0.05, 0) is 23.8 Å². The molecule has 94 valence electrons. The van der Waals surface area contributed by atoms with Gasteiger partial charge in [-0.25, -0.2) is 0 Å². The van der Waals surface area contributed by atoms with Crippen LogP contribution in [0.1, 0.15) is 5.56 Å².